The lowest BCUT2D eigenvalue weighted by atomic mass is 10.2. The van der Waals surface area contributed by atoms with Crippen molar-refractivity contribution in [2.75, 3.05) is 19.6 Å². The number of nitrogens with zero attached hydrogens (tertiary/aromatic N) is 1. The lowest BCUT2D eigenvalue weighted by Gasteiger charge is -2.26. The van der Waals surface area contributed by atoms with Crippen molar-refractivity contribution in [1.29, 1.82) is 0 Å². The molecule has 1 aliphatic rings. The Labute approximate surface area is 91.9 Å². The summed E-state index contributed by atoms with van der Waals surface area (Å²) in [6.45, 7) is 3.23. The molecule has 4 nitrogen and oxygen atoms in total. The van der Waals surface area contributed by atoms with Gasteiger partial charge in [0.2, 0.25) is 5.91 Å². The molecular weight excluding hydrogens is 212 g/mol. The molecule has 5 heteroatoms. The van der Waals surface area contributed by atoms with E-state index in [9.17, 15) is 9.59 Å². The van der Waals surface area contributed by atoms with Gasteiger partial charge in [0.05, 0.1) is 12.1 Å². The normalized spacial score (nSPS) is 16.3. The zero-order valence-corrected chi connectivity index (χ0v) is 9.26. The average Bonchev–Trinajstić information content (AvgIpc) is 2.63. The Hall–Kier alpha value is -1.36. The zero-order chi connectivity index (χ0) is 10.8. The van der Waals surface area contributed by atoms with E-state index in [1.54, 1.807) is 4.90 Å². The third-order valence-electron chi connectivity index (χ3n) is 2.41. The van der Waals surface area contributed by atoms with Gasteiger partial charge < -0.3 is 10.2 Å². The molecular formula is C10H12N2O2S. The molecule has 0 saturated carbocycles. The summed E-state index contributed by atoms with van der Waals surface area (Å²) in [5.74, 6) is -0.119. The monoisotopic (exact) mass is 224 g/mol. The first kappa shape index (κ1) is 10.2. The van der Waals surface area contributed by atoms with Gasteiger partial charge in [0.15, 0.2) is 0 Å². The van der Waals surface area contributed by atoms with Gasteiger partial charge in [0.1, 0.15) is 0 Å². The molecule has 0 aromatic carbocycles. The van der Waals surface area contributed by atoms with Gasteiger partial charge in [-0.25, -0.2) is 0 Å². The van der Waals surface area contributed by atoms with Gasteiger partial charge in [-0.1, -0.05) is 0 Å². The van der Waals surface area contributed by atoms with Crippen LogP contribution in [0.5, 0.6) is 0 Å². The summed E-state index contributed by atoms with van der Waals surface area (Å²) in [4.78, 5) is 24.7. The molecule has 2 heterocycles. The topological polar surface area (TPSA) is 49.4 Å². The van der Waals surface area contributed by atoms with Crippen molar-refractivity contribution in [2.45, 2.75) is 6.92 Å². The molecule has 0 unspecified atom stereocenters. The highest BCUT2D eigenvalue weighted by molar-refractivity contribution is 7.08. The molecule has 80 valence electrons. The number of carbonyl (C=O) groups excluding carboxylic acids is 2. The van der Waals surface area contributed by atoms with Gasteiger partial charge in [-0.2, -0.15) is 11.3 Å². The van der Waals surface area contributed by atoms with Crippen LogP contribution in [-0.4, -0.2) is 36.3 Å². The molecule has 1 aliphatic heterocycles. The molecule has 1 saturated heterocycles. The summed E-state index contributed by atoms with van der Waals surface area (Å²) in [6, 6.07) is 0. The summed E-state index contributed by atoms with van der Waals surface area (Å²) in [7, 11) is 0. The molecule has 0 aliphatic carbocycles. The Bertz CT molecular complexity index is 400. The number of hydrogen-bond donors (Lipinski definition) is 1. The molecule has 1 N–H and O–H groups in total. The highest BCUT2D eigenvalue weighted by atomic mass is 32.1. The van der Waals surface area contributed by atoms with Crippen LogP contribution in [-0.2, 0) is 4.79 Å². The Balaban J connectivity index is 2.14. The van der Waals surface area contributed by atoms with Gasteiger partial charge >= 0.3 is 0 Å². The molecule has 0 atom stereocenters. The lowest BCUT2D eigenvalue weighted by Crippen LogP contribution is -2.50. The van der Waals surface area contributed by atoms with Crippen LogP contribution in [0.3, 0.4) is 0 Å². The number of carbonyl (C=O) groups is 2. The van der Waals surface area contributed by atoms with Crippen LogP contribution in [0.2, 0.25) is 0 Å². The van der Waals surface area contributed by atoms with Crippen molar-refractivity contribution in [3.8, 4) is 0 Å². The number of nitrogens with one attached hydrogen (secondary N) is 1. The SMILES string of the molecule is Cc1cscc1C(=O)N1CCNC(=O)C1. The molecule has 1 fully saturated rings. The van der Waals surface area contributed by atoms with E-state index in [1.807, 2.05) is 17.7 Å². The van der Waals surface area contributed by atoms with E-state index in [1.165, 1.54) is 11.3 Å². The van der Waals surface area contributed by atoms with Crippen molar-refractivity contribution in [3.05, 3.63) is 21.9 Å². The summed E-state index contributed by atoms with van der Waals surface area (Å²) in [5.41, 5.74) is 1.70. The van der Waals surface area contributed by atoms with Crippen molar-refractivity contribution < 1.29 is 9.59 Å². The van der Waals surface area contributed by atoms with E-state index in [2.05, 4.69) is 5.32 Å². The summed E-state index contributed by atoms with van der Waals surface area (Å²) < 4.78 is 0. The zero-order valence-electron chi connectivity index (χ0n) is 8.45. The van der Waals surface area contributed by atoms with E-state index >= 15 is 0 Å². The third kappa shape index (κ3) is 2.02. The molecule has 1 aromatic rings. The van der Waals surface area contributed by atoms with Crippen LogP contribution in [0, 0.1) is 6.92 Å². The summed E-state index contributed by atoms with van der Waals surface area (Å²) in [6.07, 6.45) is 0. The summed E-state index contributed by atoms with van der Waals surface area (Å²) in [5, 5.41) is 6.48. The van der Waals surface area contributed by atoms with Crippen LogP contribution in [0.25, 0.3) is 0 Å². The van der Waals surface area contributed by atoms with Gasteiger partial charge in [-0.3, -0.25) is 9.59 Å². The molecule has 1 aromatic heterocycles. The predicted molar refractivity (Wildman–Crippen MR) is 58.0 cm³/mol. The molecule has 15 heavy (non-hydrogen) atoms. The second-order valence-corrected chi connectivity index (χ2v) is 4.29. The Morgan fingerprint density at radius 1 is 1.53 bits per heavy atom. The molecule has 0 spiro atoms. The molecule has 2 amide bonds. The fraction of sp³-hybridized carbons (Fsp3) is 0.400. The standard InChI is InChI=1S/C10H12N2O2S/c1-7-5-15-6-8(7)10(14)12-3-2-11-9(13)4-12/h5-6H,2-4H2,1H3,(H,11,13). The van der Waals surface area contributed by atoms with E-state index < -0.39 is 0 Å². The first-order valence-electron chi connectivity index (χ1n) is 4.77. The first-order valence-corrected chi connectivity index (χ1v) is 5.71. The number of hydrogen-bond acceptors (Lipinski definition) is 3. The number of aryl methyl sites for hydroxylation is 1. The second kappa shape index (κ2) is 4.02. The van der Waals surface area contributed by atoms with E-state index in [0.29, 0.717) is 13.1 Å². The quantitative estimate of drug-likeness (QED) is 0.760. The lowest BCUT2D eigenvalue weighted by molar-refractivity contribution is -0.123. The molecule has 0 radical (unpaired) electrons. The Morgan fingerprint density at radius 2 is 2.33 bits per heavy atom. The van der Waals surface area contributed by atoms with Crippen molar-refractivity contribution in [1.82, 2.24) is 10.2 Å². The fourth-order valence-electron chi connectivity index (χ4n) is 1.56. The third-order valence-corrected chi connectivity index (χ3v) is 3.27. The highest BCUT2D eigenvalue weighted by Gasteiger charge is 2.23. The number of amides is 2. The largest absolute Gasteiger partial charge is 0.353 e. The van der Waals surface area contributed by atoms with E-state index in [4.69, 9.17) is 0 Å². The highest BCUT2D eigenvalue weighted by Crippen LogP contribution is 2.16. The van der Waals surface area contributed by atoms with Crippen LogP contribution < -0.4 is 5.32 Å². The smallest absolute Gasteiger partial charge is 0.255 e. The molecule has 0 bridgehead atoms. The van der Waals surface area contributed by atoms with Crippen LogP contribution in [0.4, 0.5) is 0 Å². The maximum atomic E-state index is 12.0. The first-order chi connectivity index (χ1) is 7.18. The number of piperazine rings is 1. The Kier molecular flexibility index (Phi) is 2.73. The summed E-state index contributed by atoms with van der Waals surface area (Å²) >= 11 is 1.51. The maximum Gasteiger partial charge on any atom is 0.255 e. The van der Waals surface area contributed by atoms with Gasteiger partial charge in [-0.05, 0) is 17.9 Å². The van der Waals surface area contributed by atoms with E-state index in [-0.39, 0.29) is 18.4 Å². The van der Waals surface area contributed by atoms with Gasteiger partial charge in [0, 0.05) is 18.5 Å². The van der Waals surface area contributed by atoms with E-state index in [0.717, 1.165) is 11.1 Å². The second-order valence-electron chi connectivity index (χ2n) is 3.55. The van der Waals surface area contributed by atoms with Crippen molar-refractivity contribution in [2.24, 2.45) is 0 Å². The van der Waals surface area contributed by atoms with Crippen LogP contribution >= 0.6 is 11.3 Å². The van der Waals surface area contributed by atoms with Gasteiger partial charge in [-0.15, -0.1) is 0 Å². The Morgan fingerprint density at radius 3 is 2.93 bits per heavy atom. The minimum atomic E-state index is -0.0810. The number of rotatable bonds is 1. The van der Waals surface area contributed by atoms with Crippen molar-refractivity contribution >= 4 is 23.2 Å². The minimum absolute atomic E-state index is 0.0383. The minimum Gasteiger partial charge on any atom is -0.353 e. The average molecular weight is 224 g/mol. The maximum absolute atomic E-state index is 12.0. The number of thiophene rings is 1. The van der Waals surface area contributed by atoms with Gasteiger partial charge in [0.25, 0.3) is 5.91 Å². The van der Waals surface area contributed by atoms with Crippen LogP contribution in [0.1, 0.15) is 15.9 Å². The predicted octanol–water partition coefficient (Wildman–Crippen LogP) is 0.629. The van der Waals surface area contributed by atoms with Crippen LogP contribution in [0.15, 0.2) is 10.8 Å². The molecule has 2 rings (SSSR count). The van der Waals surface area contributed by atoms with Crippen molar-refractivity contribution in [3.63, 3.8) is 0 Å². The fourth-order valence-corrected chi connectivity index (χ4v) is 2.38.